The van der Waals surface area contributed by atoms with Crippen LogP contribution in [-0.2, 0) is 14.9 Å². The minimum atomic E-state index is -3.35. The maximum atomic E-state index is 12.7. The number of morpholine rings is 1. The van der Waals surface area contributed by atoms with Crippen LogP contribution in [0.4, 0.5) is 0 Å². The van der Waals surface area contributed by atoms with E-state index in [1.165, 1.54) is 0 Å². The highest BCUT2D eigenvalue weighted by atomic mass is 32.2. The Morgan fingerprint density at radius 1 is 1.10 bits per heavy atom. The van der Waals surface area contributed by atoms with E-state index in [-0.39, 0.29) is 18.2 Å². The Morgan fingerprint density at radius 2 is 1.60 bits per heavy atom. The van der Waals surface area contributed by atoms with E-state index in [9.17, 15) is 8.42 Å². The molecule has 0 aromatic rings. The zero-order valence-corrected chi connectivity index (χ0v) is 13.5. The third-order valence-corrected chi connectivity index (χ3v) is 6.25. The van der Waals surface area contributed by atoms with Crippen LogP contribution in [-0.4, -0.2) is 61.5 Å². The molecule has 0 aromatic heterocycles. The molecule has 0 amide bonds. The fourth-order valence-corrected chi connectivity index (χ4v) is 4.91. The Morgan fingerprint density at radius 3 is 2.05 bits per heavy atom. The van der Waals surface area contributed by atoms with E-state index < -0.39 is 10.2 Å². The molecule has 0 radical (unpaired) electrons. The Kier molecular flexibility index (Phi) is 5.07. The van der Waals surface area contributed by atoms with Gasteiger partial charge in [0.15, 0.2) is 0 Å². The van der Waals surface area contributed by atoms with Crippen LogP contribution in [0.25, 0.3) is 0 Å². The van der Waals surface area contributed by atoms with Crippen LogP contribution >= 0.6 is 0 Å². The van der Waals surface area contributed by atoms with Crippen molar-refractivity contribution in [2.75, 3.05) is 26.2 Å². The number of rotatable bonds is 3. The first-order valence-corrected chi connectivity index (χ1v) is 8.86. The quantitative estimate of drug-likeness (QED) is 0.819. The molecule has 0 spiro atoms. The average molecular weight is 305 g/mol. The molecule has 3 atom stereocenters. The number of hydrogen-bond acceptors (Lipinski definition) is 4. The molecular formula is C13H27N3O3S. The lowest BCUT2D eigenvalue weighted by Gasteiger charge is -2.40. The number of ether oxygens (including phenoxy) is 1. The molecule has 0 saturated carbocycles. The predicted molar refractivity (Wildman–Crippen MR) is 78.4 cm³/mol. The van der Waals surface area contributed by atoms with Crippen molar-refractivity contribution >= 4 is 10.2 Å². The molecule has 2 fully saturated rings. The molecule has 6 nitrogen and oxygen atoms in total. The first-order valence-electron chi connectivity index (χ1n) is 7.47. The summed E-state index contributed by atoms with van der Waals surface area (Å²) in [5.41, 5.74) is 5.91. The van der Waals surface area contributed by atoms with Crippen molar-refractivity contribution in [3.05, 3.63) is 0 Å². The highest BCUT2D eigenvalue weighted by Crippen LogP contribution is 2.24. The van der Waals surface area contributed by atoms with Gasteiger partial charge in [0, 0.05) is 32.2 Å². The maximum absolute atomic E-state index is 12.7. The van der Waals surface area contributed by atoms with Gasteiger partial charge in [0.25, 0.3) is 10.2 Å². The van der Waals surface area contributed by atoms with E-state index in [4.69, 9.17) is 10.5 Å². The van der Waals surface area contributed by atoms with E-state index in [1.807, 2.05) is 20.8 Å². The van der Waals surface area contributed by atoms with Crippen LogP contribution < -0.4 is 5.73 Å². The second-order valence-electron chi connectivity index (χ2n) is 6.18. The van der Waals surface area contributed by atoms with Gasteiger partial charge < -0.3 is 10.5 Å². The maximum Gasteiger partial charge on any atom is 0.282 e. The molecule has 3 unspecified atom stereocenters. The summed E-state index contributed by atoms with van der Waals surface area (Å²) in [4.78, 5) is 0. The van der Waals surface area contributed by atoms with Gasteiger partial charge in [-0.2, -0.15) is 17.0 Å². The molecule has 2 N–H and O–H groups in total. The summed E-state index contributed by atoms with van der Waals surface area (Å²) in [6.07, 6.45) is 1.61. The van der Waals surface area contributed by atoms with E-state index in [2.05, 4.69) is 0 Å². The van der Waals surface area contributed by atoms with Gasteiger partial charge in [-0.3, -0.25) is 0 Å². The van der Waals surface area contributed by atoms with E-state index in [0.717, 1.165) is 12.8 Å². The predicted octanol–water partition coefficient (Wildman–Crippen LogP) is 0.400. The summed E-state index contributed by atoms with van der Waals surface area (Å²) in [6, 6.07) is 0.142. The standard InChI is InChI=1S/C13H27N3O3S/c1-10-8-16(9-11(2)19-10)20(17,18)15-6-4-13(5-7-15)12(3)14/h10-13H,4-9,14H2,1-3H3. The molecule has 2 aliphatic rings. The van der Waals surface area contributed by atoms with Crippen molar-refractivity contribution in [2.24, 2.45) is 11.7 Å². The van der Waals surface area contributed by atoms with Gasteiger partial charge in [-0.25, -0.2) is 0 Å². The van der Waals surface area contributed by atoms with Crippen molar-refractivity contribution in [3.63, 3.8) is 0 Å². The lowest BCUT2D eigenvalue weighted by Crippen LogP contribution is -2.54. The smallest absolute Gasteiger partial charge is 0.282 e. The number of nitrogens with zero attached hydrogens (tertiary/aromatic N) is 2. The second kappa shape index (κ2) is 6.27. The molecule has 2 aliphatic heterocycles. The topological polar surface area (TPSA) is 75.9 Å². The lowest BCUT2D eigenvalue weighted by molar-refractivity contribution is -0.0456. The minimum Gasteiger partial charge on any atom is -0.373 e. The Hall–Kier alpha value is -0.210. The van der Waals surface area contributed by atoms with Gasteiger partial charge >= 0.3 is 0 Å². The van der Waals surface area contributed by atoms with Gasteiger partial charge in [0.1, 0.15) is 0 Å². The second-order valence-corrected chi connectivity index (χ2v) is 8.11. The molecule has 2 rings (SSSR count). The van der Waals surface area contributed by atoms with E-state index >= 15 is 0 Å². The van der Waals surface area contributed by atoms with Crippen molar-refractivity contribution in [3.8, 4) is 0 Å². The number of nitrogens with two attached hydrogens (primary N) is 1. The van der Waals surface area contributed by atoms with Crippen molar-refractivity contribution in [2.45, 2.75) is 51.9 Å². The zero-order valence-electron chi connectivity index (χ0n) is 12.7. The molecule has 7 heteroatoms. The van der Waals surface area contributed by atoms with Gasteiger partial charge in [-0.1, -0.05) is 0 Å². The van der Waals surface area contributed by atoms with Gasteiger partial charge in [0.05, 0.1) is 12.2 Å². The largest absolute Gasteiger partial charge is 0.373 e. The molecule has 2 heterocycles. The van der Waals surface area contributed by atoms with Crippen LogP contribution in [0.15, 0.2) is 0 Å². The first kappa shape index (κ1) is 16.2. The summed E-state index contributed by atoms with van der Waals surface area (Å²) in [7, 11) is -3.35. The third kappa shape index (κ3) is 3.51. The van der Waals surface area contributed by atoms with Crippen molar-refractivity contribution in [1.82, 2.24) is 8.61 Å². The van der Waals surface area contributed by atoms with Crippen LogP contribution in [0.1, 0.15) is 33.6 Å². The van der Waals surface area contributed by atoms with Crippen LogP contribution in [0, 0.1) is 5.92 Å². The normalized spacial score (nSPS) is 33.2. The average Bonchev–Trinajstić information content (AvgIpc) is 2.37. The highest BCUT2D eigenvalue weighted by molar-refractivity contribution is 7.86. The molecule has 2 saturated heterocycles. The summed E-state index contributed by atoms with van der Waals surface area (Å²) >= 11 is 0. The number of hydrogen-bond donors (Lipinski definition) is 1. The highest BCUT2D eigenvalue weighted by Gasteiger charge is 2.37. The fourth-order valence-electron chi connectivity index (χ4n) is 3.11. The van der Waals surface area contributed by atoms with Crippen LogP contribution in [0.2, 0.25) is 0 Å². The van der Waals surface area contributed by atoms with Gasteiger partial charge in [-0.05, 0) is 39.5 Å². The zero-order chi connectivity index (χ0) is 14.9. The van der Waals surface area contributed by atoms with Crippen LogP contribution in [0.5, 0.6) is 0 Å². The Labute approximate surface area is 122 Å². The van der Waals surface area contributed by atoms with Gasteiger partial charge in [0.2, 0.25) is 0 Å². The molecule has 0 aliphatic carbocycles. The lowest BCUT2D eigenvalue weighted by atomic mass is 9.92. The van der Waals surface area contributed by atoms with E-state index in [0.29, 0.717) is 32.1 Å². The summed E-state index contributed by atoms with van der Waals surface area (Å²) in [6.45, 7) is 7.88. The molecule has 118 valence electrons. The van der Waals surface area contributed by atoms with Crippen molar-refractivity contribution < 1.29 is 13.2 Å². The van der Waals surface area contributed by atoms with Gasteiger partial charge in [-0.15, -0.1) is 0 Å². The molecule has 20 heavy (non-hydrogen) atoms. The van der Waals surface area contributed by atoms with Crippen LogP contribution in [0.3, 0.4) is 0 Å². The third-order valence-electron chi connectivity index (χ3n) is 4.28. The summed E-state index contributed by atoms with van der Waals surface area (Å²) < 4.78 is 34.1. The minimum absolute atomic E-state index is 0.0462. The monoisotopic (exact) mass is 305 g/mol. The first-order chi connectivity index (χ1) is 9.30. The Bertz CT molecular complexity index is 409. The molecule has 0 bridgehead atoms. The Balaban J connectivity index is 2.00. The van der Waals surface area contributed by atoms with Crippen molar-refractivity contribution in [1.29, 1.82) is 0 Å². The molecule has 0 aromatic carbocycles. The van der Waals surface area contributed by atoms with E-state index in [1.54, 1.807) is 8.61 Å². The number of piperidine rings is 1. The summed E-state index contributed by atoms with van der Waals surface area (Å²) in [5, 5.41) is 0. The fraction of sp³-hybridized carbons (Fsp3) is 1.00. The summed E-state index contributed by atoms with van der Waals surface area (Å²) in [5.74, 6) is 0.434. The molecular weight excluding hydrogens is 278 g/mol. The SMILES string of the molecule is CC1CN(S(=O)(=O)N2CCC(C(C)N)CC2)CC(C)O1.